The van der Waals surface area contributed by atoms with E-state index < -0.39 is 23.7 Å². The van der Waals surface area contributed by atoms with Crippen LogP contribution in [-0.4, -0.2) is 43.8 Å². The number of alkyl halides is 3. The maximum absolute atomic E-state index is 13.1. The van der Waals surface area contributed by atoms with Crippen molar-refractivity contribution < 1.29 is 22.7 Å². The first-order chi connectivity index (χ1) is 14.7. The number of anilines is 1. The molecule has 5 rings (SSSR count). The number of halogens is 3. The third-order valence-electron chi connectivity index (χ3n) is 5.38. The third-order valence-corrected chi connectivity index (χ3v) is 5.38. The van der Waals surface area contributed by atoms with Gasteiger partial charge < -0.3 is 15.4 Å². The highest BCUT2D eigenvalue weighted by atomic mass is 19.4. The minimum atomic E-state index is -4.47. The number of benzene rings is 1. The summed E-state index contributed by atoms with van der Waals surface area (Å²) in [6.07, 6.45) is 0.114. The number of carbonyl (C=O) groups is 1. The molecule has 11 heteroatoms. The molecule has 1 amide bonds. The first-order valence-corrected chi connectivity index (χ1v) is 9.22. The van der Waals surface area contributed by atoms with Crippen molar-refractivity contribution in [3.63, 3.8) is 0 Å². The van der Waals surface area contributed by atoms with Gasteiger partial charge in [0.2, 0.25) is 5.95 Å². The summed E-state index contributed by atoms with van der Waals surface area (Å²) in [5, 5.41) is 0.649. The third kappa shape index (κ3) is 3.00. The molecule has 0 bridgehead atoms. The predicted molar refractivity (Wildman–Crippen MR) is 104 cm³/mol. The van der Waals surface area contributed by atoms with Crippen LogP contribution < -0.4 is 10.5 Å². The number of ether oxygens (including phenoxy) is 1. The molecule has 0 saturated carbocycles. The minimum absolute atomic E-state index is 0.0530. The Balaban J connectivity index is 1.49. The number of imidazole rings is 1. The summed E-state index contributed by atoms with van der Waals surface area (Å²) in [6, 6.07) is 4.34. The zero-order chi connectivity index (χ0) is 21.9. The zero-order valence-corrected chi connectivity index (χ0v) is 16.1. The van der Waals surface area contributed by atoms with Crippen molar-refractivity contribution in [2.75, 3.05) is 19.4 Å². The average molecular weight is 428 g/mol. The van der Waals surface area contributed by atoms with E-state index in [0.29, 0.717) is 22.0 Å². The van der Waals surface area contributed by atoms with Gasteiger partial charge in [0.25, 0.3) is 5.91 Å². The molecule has 0 fully saturated rings. The van der Waals surface area contributed by atoms with Crippen LogP contribution in [0.1, 0.15) is 27.7 Å². The van der Waals surface area contributed by atoms with Gasteiger partial charge in [-0.2, -0.15) is 13.2 Å². The van der Waals surface area contributed by atoms with Crippen LogP contribution in [0.15, 0.2) is 43.0 Å². The van der Waals surface area contributed by atoms with Gasteiger partial charge in [-0.3, -0.25) is 9.20 Å². The van der Waals surface area contributed by atoms with E-state index in [1.165, 1.54) is 23.5 Å². The summed E-state index contributed by atoms with van der Waals surface area (Å²) in [6.45, 7) is 0.0530. The van der Waals surface area contributed by atoms with Crippen LogP contribution in [0.5, 0.6) is 5.75 Å². The molecule has 8 nitrogen and oxygen atoms in total. The Morgan fingerprint density at radius 2 is 2.10 bits per heavy atom. The van der Waals surface area contributed by atoms with Crippen molar-refractivity contribution in [1.82, 2.24) is 24.3 Å². The van der Waals surface area contributed by atoms with Crippen molar-refractivity contribution in [1.29, 1.82) is 0 Å². The topological polar surface area (TPSA) is 98.6 Å². The molecule has 1 atom stereocenters. The molecule has 0 spiro atoms. The molecule has 4 aromatic rings. The van der Waals surface area contributed by atoms with E-state index in [0.717, 1.165) is 12.1 Å². The predicted octanol–water partition coefficient (Wildman–Crippen LogP) is 3.08. The number of fused-ring (bicyclic) bond motifs is 4. The molecule has 31 heavy (non-hydrogen) atoms. The van der Waals surface area contributed by atoms with Crippen LogP contribution in [0.3, 0.4) is 0 Å². The summed E-state index contributed by atoms with van der Waals surface area (Å²) < 4.78 is 45.9. The zero-order valence-electron chi connectivity index (χ0n) is 16.1. The van der Waals surface area contributed by atoms with Gasteiger partial charge in [-0.25, -0.2) is 15.0 Å². The first kappa shape index (κ1) is 19.1. The number of nitrogens with two attached hydrogens (primary N) is 1. The van der Waals surface area contributed by atoms with Gasteiger partial charge in [-0.15, -0.1) is 0 Å². The van der Waals surface area contributed by atoms with E-state index in [1.807, 2.05) is 0 Å². The largest absolute Gasteiger partial charge is 0.491 e. The molecule has 158 valence electrons. The van der Waals surface area contributed by atoms with Crippen LogP contribution >= 0.6 is 0 Å². The van der Waals surface area contributed by atoms with Crippen LogP contribution in [0.4, 0.5) is 19.1 Å². The molecule has 1 unspecified atom stereocenters. The number of likely N-dealkylation sites (N-methyl/N-ethyl adjacent to an activating group) is 1. The molecule has 0 aliphatic carbocycles. The van der Waals surface area contributed by atoms with Crippen LogP contribution in [0.2, 0.25) is 0 Å². The number of pyridine rings is 1. The van der Waals surface area contributed by atoms with Crippen LogP contribution in [-0.2, 0) is 6.18 Å². The van der Waals surface area contributed by atoms with Gasteiger partial charge in [-0.1, -0.05) is 6.07 Å². The quantitative estimate of drug-likeness (QED) is 0.527. The summed E-state index contributed by atoms with van der Waals surface area (Å²) in [5.74, 6) is -0.0414. The monoisotopic (exact) mass is 428 g/mol. The lowest BCUT2D eigenvalue weighted by atomic mass is 10.0. The maximum atomic E-state index is 13.1. The van der Waals surface area contributed by atoms with Crippen molar-refractivity contribution in [2.24, 2.45) is 0 Å². The molecule has 1 aromatic carbocycles. The second kappa shape index (κ2) is 6.56. The van der Waals surface area contributed by atoms with Gasteiger partial charge in [0.05, 0.1) is 35.0 Å². The summed E-state index contributed by atoms with van der Waals surface area (Å²) >= 11 is 0. The molecule has 1 aliphatic heterocycles. The highest BCUT2D eigenvalue weighted by Crippen LogP contribution is 2.40. The van der Waals surface area contributed by atoms with Crippen molar-refractivity contribution >= 4 is 28.3 Å². The van der Waals surface area contributed by atoms with E-state index in [4.69, 9.17) is 10.5 Å². The molecule has 3 aromatic heterocycles. The van der Waals surface area contributed by atoms with Crippen LogP contribution in [0.25, 0.3) is 16.4 Å². The number of aromatic nitrogens is 4. The molecule has 0 saturated heterocycles. The fraction of sp³-hybridized carbons (Fsp3) is 0.200. The molecule has 2 N–H and O–H groups in total. The normalized spacial score (nSPS) is 15.8. The lowest BCUT2D eigenvalue weighted by Crippen LogP contribution is -2.32. The molecular weight excluding hydrogens is 413 g/mol. The second-order valence-electron chi connectivity index (χ2n) is 7.20. The Morgan fingerprint density at radius 1 is 1.29 bits per heavy atom. The minimum Gasteiger partial charge on any atom is -0.491 e. The van der Waals surface area contributed by atoms with E-state index in [1.54, 1.807) is 23.7 Å². The van der Waals surface area contributed by atoms with Gasteiger partial charge in [0.15, 0.2) is 0 Å². The van der Waals surface area contributed by atoms with E-state index >= 15 is 0 Å². The molecule has 4 heterocycles. The Morgan fingerprint density at radius 3 is 2.87 bits per heavy atom. The van der Waals surface area contributed by atoms with Gasteiger partial charge in [0.1, 0.15) is 24.4 Å². The van der Waals surface area contributed by atoms with E-state index in [2.05, 4.69) is 15.0 Å². The number of nitrogens with zero attached hydrogens (tertiary/aromatic N) is 5. The standard InChI is InChI=1S/C20H15F3N6O2/c1-28(16-8-31-17-4-10(20(21,22)23)2-3-11(16)17)18(30)13-5-12-14(6-26-13)27-19(24)29-9-25-7-15(12)29/h2-7,9,16H,8H2,1H3,(H2,24,27). The van der Waals surface area contributed by atoms with Crippen molar-refractivity contribution in [3.8, 4) is 5.75 Å². The number of carbonyl (C=O) groups excluding carboxylic acids is 1. The Hall–Kier alpha value is -3.89. The first-order valence-electron chi connectivity index (χ1n) is 9.22. The molecule has 0 radical (unpaired) electrons. The number of hydrogen-bond donors (Lipinski definition) is 1. The summed E-state index contributed by atoms with van der Waals surface area (Å²) in [5.41, 5.74) is 6.96. The smallest absolute Gasteiger partial charge is 0.416 e. The number of hydrogen-bond acceptors (Lipinski definition) is 6. The fourth-order valence-corrected chi connectivity index (χ4v) is 3.73. The van der Waals surface area contributed by atoms with Gasteiger partial charge >= 0.3 is 6.18 Å². The fourth-order valence-electron chi connectivity index (χ4n) is 3.73. The summed E-state index contributed by atoms with van der Waals surface area (Å²) in [4.78, 5) is 27.0. The summed E-state index contributed by atoms with van der Waals surface area (Å²) in [7, 11) is 1.56. The Kier molecular flexibility index (Phi) is 4.04. The Bertz CT molecular complexity index is 1350. The number of nitrogen functional groups attached to an aromatic ring is 1. The van der Waals surface area contributed by atoms with Crippen LogP contribution in [0, 0.1) is 0 Å². The number of amides is 1. The molecule has 1 aliphatic rings. The average Bonchev–Trinajstić information content (AvgIpc) is 3.39. The van der Waals surface area contributed by atoms with Gasteiger partial charge in [0, 0.05) is 18.0 Å². The maximum Gasteiger partial charge on any atom is 0.416 e. The Labute approximate surface area is 173 Å². The second-order valence-corrected chi connectivity index (χ2v) is 7.20. The van der Waals surface area contributed by atoms with Gasteiger partial charge in [-0.05, 0) is 18.2 Å². The molecular formula is C20H15F3N6O2. The van der Waals surface area contributed by atoms with Crippen molar-refractivity contribution in [3.05, 3.63) is 59.8 Å². The lowest BCUT2D eigenvalue weighted by molar-refractivity contribution is -0.137. The highest BCUT2D eigenvalue weighted by molar-refractivity contribution is 6.00. The van der Waals surface area contributed by atoms with Crippen molar-refractivity contribution in [2.45, 2.75) is 12.2 Å². The van der Waals surface area contributed by atoms with E-state index in [-0.39, 0.29) is 24.0 Å². The van der Waals surface area contributed by atoms with E-state index in [9.17, 15) is 18.0 Å². The highest BCUT2D eigenvalue weighted by Gasteiger charge is 2.36. The lowest BCUT2D eigenvalue weighted by Gasteiger charge is -2.23. The SMILES string of the molecule is CN(C(=O)c1cc2c(cn1)nc(N)n1cncc21)C1COc2cc(C(F)(F)F)ccc21. The number of rotatable bonds is 2.